The van der Waals surface area contributed by atoms with Crippen molar-refractivity contribution in [2.45, 2.75) is 45.6 Å². The maximum absolute atomic E-state index is 11.6. The quantitative estimate of drug-likeness (QED) is 0.862. The van der Waals surface area contributed by atoms with E-state index < -0.39 is 5.97 Å². The molecule has 24 heavy (non-hydrogen) atoms. The lowest BCUT2D eigenvalue weighted by atomic mass is 9.89. The number of carbonyl (C=O) groups is 1. The summed E-state index contributed by atoms with van der Waals surface area (Å²) in [4.78, 5) is 11.6. The molecular formula is C20H25NO3. The standard InChI is InChI=1S/C20H25NO3/c1-14-18(20(22)23)12-19(16-9-6-10-17(11-16)24-2)21(14)13-15-7-4-3-5-8-15/h6,9-12,15H,3-5,7-8,13H2,1-2H3,(H,22,23). The summed E-state index contributed by atoms with van der Waals surface area (Å²) < 4.78 is 7.51. The third-order valence-corrected chi connectivity index (χ3v) is 5.13. The molecule has 0 unspecified atom stereocenters. The van der Waals surface area contributed by atoms with Gasteiger partial charge in [0.25, 0.3) is 0 Å². The van der Waals surface area contributed by atoms with Crippen molar-refractivity contribution < 1.29 is 14.6 Å². The molecule has 1 aliphatic rings. The number of hydrogen-bond acceptors (Lipinski definition) is 2. The molecule has 128 valence electrons. The molecule has 0 amide bonds. The molecule has 4 heteroatoms. The van der Waals surface area contributed by atoms with Crippen molar-refractivity contribution in [1.29, 1.82) is 0 Å². The van der Waals surface area contributed by atoms with Gasteiger partial charge in [0, 0.05) is 23.5 Å². The van der Waals surface area contributed by atoms with Crippen LogP contribution in [-0.2, 0) is 6.54 Å². The predicted molar refractivity (Wildman–Crippen MR) is 94.7 cm³/mol. The van der Waals surface area contributed by atoms with Crippen LogP contribution in [0, 0.1) is 12.8 Å². The zero-order valence-corrected chi connectivity index (χ0v) is 14.4. The molecule has 0 saturated heterocycles. The summed E-state index contributed by atoms with van der Waals surface area (Å²) in [6.45, 7) is 2.81. The Morgan fingerprint density at radius 1 is 1.25 bits per heavy atom. The highest BCUT2D eigenvalue weighted by atomic mass is 16.5. The van der Waals surface area contributed by atoms with Gasteiger partial charge in [-0.25, -0.2) is 4.79 Å². The molecule has 1 N–H and O–H groups in total. The summed E-state index contributed by atoms with van der Waals surface area (Å²) >= 11 is 0. The fourth-order valence-electron chi connectivity index (χ4n) is 3.75. The summed E-state index contributed by atoms with van der Waals surface area (Å²) in [7, 11) is 1.65. The molecule has 1 heterocycles. The van der Waals surface area contributed by atoms with Crippen molar-refractivity contribution in [1.82, 2.24) is 4.57 Å². The minimum absolute atomic E-state index is 0.392. The van der Waals surface area contributed by atoms with Gasteiger partial charge < -0.3 is 14.4 Å². The van der Waals surface area contributed by atoms with Gasteiger partial charge in [0.15, 0.2) is 0 Å². The monoisotopic (exact) mass is 327 g/mol. The maximum atomic E-state index is 11.6. The molecule has 0 bridgehead atoms. The molecule has 1 aromatic heterocycles. The van der Waals surface area contributed by atoms with E-state index in [-0.39, 0.29) is 0 Å². The molecule has 0 aliphatic heterocycles. The molecule has 1 fully saturated rings. The zero-order valence-electron chi connectivity index (χ0n) is 14.4. The van der Waals surface area contributed by atoms with Gasteiger partial charge in [-0.3, -0.25) is 0 Å². The summed E-state index contributed by atoms with van der Waals surface area (Å²) in [6, 6.07) is 9.64. The summed E-state index contributed by atoms with van der Waals surface area (Å²) in [5.41, 5.74) is 3.20. The second-order valence-corrected chi connectivity index (χ2v) is 6.68. The van der Waals surface area contributed by atoms with E-state index in [1.807, 2.05) is 31.2 Å². The van der Waals surface area contributed by atoms with Gasteiger partial charge in [0.1, 0.15) is 5.75 Å². The number of hydrogen-bond donors (Lipinski definition) is 1. The van der Waals surface area contributed by atoms with Gasteiger partial charge in [0.2, 0.25) is 0 Å². The van der Waals surface area contributed by atoms with Gasteiger partial charge >= 0.3 is 5.97 Å². The Morgan fingerprint density at radius 2 is 2.00 bits per heavy atom. The smallest absolute Gasteiger partial charge is 0.337 e. The molecule has 0 spiro atoms. The Kier molecular flexibility index (Phi) is 4.93. The Balaban J connectivity index is 2.02. The Hall–Kier alpha value is -2.23. The zero-order chi connectivity index (χ0) is 17.1. The van der Waals surface area contributed by atoms with Crippen LogP contribution < -0.4 is 4.74 Å². The fraction of sp³-hybridized carbons (Fsp3) is 0.450. The van der Waals surface area contributed by atoms with Crippen LogP contribution in [0.2, 0.25) is 0 Å². The van der Waals surface area contributed by atoms with Crippen LogP contribution in [0.5, 0.6) is 5.75 Å². The number of methoxy groups -OCH3 is 1. The molecule has 2 aromatic rings. The van der Waals surface area contributed by atoms with Crippen molar-refractivity contribution in [2.24, 2.45) is 5.92 Å². The molecular weight excluding hydrogens is 302 g/mol. The average Bonchev–Trinajstić information content (AvgIpc) is 2.93. The molecule has 0 radical (unpaired) electrons. The molecule has 0 atom stereocenters. The van der Waals surface area contributed by atoms with Crippen LogP contribution in [0.25, 0.3) is 11.3 Å². The van der Waals surface area contributed by atoms with E-state index >= 15 is 0 Å². The second kappa shape index (κ2) is 7.12. The van der Waals surface area contributed by atoms with Crippen molar-refractivity contribution >= 4 is 5.97 Å². The first-order valence-corrected chi connectivity index (χ1v) is 8.68. The third kappa shape index (κ3) is 3.32. The van der Waals surface area contributed by atoms with Gasteiger partial charge in [-0.1, -0.05) is 31.4 Å². The van der Waals surface area contributed by atoms with E-state index in [2.05, 4.69) is 4.57 Å². The first-order valence-electron chi connectivity index (χ1n) is 8.68. The first-order chi connectivity index (χ1) is 11.6. The van der Waals surface area contributed by atoms with Crippen LogP contribution in [0.4, 0.5) is 0 Å². The fourth-order valence-corrected chi connectivity index (χ4v) is 3.75. The predicted octanol–water partition coefficient (Wildman–Crippen LogP) is 4.75. The van der Waals surface area contributed by atoms with Crippen molar-refractivity contribution in [2.75, 3.05) is 7.11 Å². The molecule has 3 rings (SSSR count). The van der Waals surface area contributed by atoms with Crippen LogP contribution in [0.3, 0.4) is 0 Å². The minimum atomic E-state index is -0.862. The molecule has 1 aliphatic carbocycles. The van der Waals surface area contributed by atoms with E-state index in [0.717, 1.165) is 29.2 Å². The summed E-state index contributed by atoms with van der Waals surface area (Å²) in [6.07, 6.45) is 6.36. The Bertz CT molecular complexity index is 726. The Morgan fingerprint density at radius 3 is 2.67 bits per heavy atom. The van der Waals surface area contributed by atoms with Gasteiger partial charge in [-0.2, -0.15) is 0 Å². The summed E-state index contributed by atoms with van der Waals surface area (Å²) in [5, 5.41) is 9.52. The van der Waals surface area contributed by atoms with E-state index in [9.17, 15) is 9.90 Å². The van der Waals surface area contributed by atoms with E-state index in [1.165, 1.54) is 32.1 Å². The number of aromatic carboxylic acids is 1. The number of ether oxygens (including phenoxy) is 1. The van der Waals surface area contributed by atoms with Crippen molar-refractivity contribution in [3.8, 4) is 17.0 Å². The van der Waals surface area contributed by atoms with E-state index in [1.54, 1.807) is 13.2 Å². The highest BCUT2D eigenvalue weighted by Crippen LogP contribution is 2.32. The van der Waals surface area contributed by atoms with Crippen LogP contribution in [0.1, 0.15) is 48.2 Å². The topological polar surface area (TPSA) is 51.5 Å². The Labute approximate surface area is 143 Å². The van der Waals surface area contributed by atoms with Gasteiger partial charge in [-0.05, 0) is 43.9 Å². The third-order valence-electron chi connectivity index (χ3n) is 5.13. The van der Waals surface area contributed by atoms with Crippen molar-refractivity contribution in [3.63, 3.8) is 0 Å². The van der Waals surface area contributed by atoms with Gasteiger partial charge in [0.05, 0.1) is 12.7 Å². The number of nitrogens with zero attached hydrogens (tertiary/aromatic N) is 1. The molecule has 1 aromatic carbocycles. The van der Waals surface area contributed by atoms with Crippen LogP contribution in [-0.4, -0.2) is 22.8 Å². The number of aromatic nitrogens is 1. The average molecular weight is 327 g/mol. The van der Waals surface area contributed by atoms with Gasteiger partial charge in [-0.15, -0.1) is 0 Å². The lowest BCUT2D eigenvalue weighted by molar-refractivity contribution is 0.0696. The van der Waals surface area contributed by atoms with Crippen LogP contribution >= 0.6 is 0 Å². The summed E-state index contributed by atoms with van der Waals surface area (Å²) in [5.74, 6) is 0.558. The molecule has 1 saturated carbocycles. The van der Waals surface area contributed by atoms with Crippen LogP contribution in [0.15, 0.2) is 30.3 Å². The first kappa shape index (κ1) is 16.6. The number of rotatable bonds is 5. The molecule has 4 nitrogen and oxygen atoms in total. The maximum Gasteiger partial charge on any atom is 0.337 e. The SMILES string of the molecule is COc1cccc(-c2cc(C(=O)O)c(C)n2CC2CCCCC2)c1. The van der Waals surface area contributed by atoms with Crippen molar-refractivity contribution in [3.05, 3.63) is 41.6 Å². The highest BCUT2D eigenvalue weighted by molar-refractivity contribution is 5.91. The van der Waals surface area contributed by atoms with E-state index in [0.29, 0.717) is 11.5 Å². The van der Waals surface area contributed by atoms with E-state index in [4.69, 9.17) is 4.74 Å². The lowest BCUT2D eigenvalue weighted by Gasteiger charge is -2.24. The normalized spacial score (nSPS) is 15.4. The second-order valence-electron chi connectivity index (χ2n) is 6.68. The number of benzene rings is 1. The number of carboxylic acids is 1. The largest absolute Gasteiger partial charge is 0.497 e. The number of carboxylic acid groups (broad SMARTS) is 1. The lowest BCUT2D eigenvalue weighted by Crippen LogP contribution is -2.16. The highest BCUT2D eigenvalue weighted by Gasteiger charge is 2.21. The minimum Gasteiger partial charge on any atom is -0.497 e.